The van der Waals surface area contributed by atoms with Gasteiger partial charge in [0.15, 0.2) is 28.8 Å². The van der Waals surface area contributed by atoms with Gasteiger partial charge in [0, 0.05) is 5.56 Å². The minimum absolute atomic E-state index is 0.0179. The highest BCUT2D eigenvalue weighted by Crippen LogP contribution is 2.65. The lowest BCUT2D eigenvalue weighted by Gasteiger charge is -2.60. The summed E-state index contributed by atoms with van der Waals surface area (Å²) in [5.41, 5.74) is -0.0424. The number of phenols is 2. The first-order valence-electron chi connectivity index (χ1n) is 15.6. The van der Waals surface area contributed by atoms with E-state index in [4.69, 9.17) is 0 Å². The lowest BCUT2D eigenvalue weighted by Crippen LogP contribution is -2.69. The molecule has 6 heteroatoms. The topological polar surface area (TPSA) is 112 Å². The molecule has 0 aliphatic heterocycles. The Kier molecular flexibility index (Phi) is 10.4. The first-order chi connectivity index (χ1) is 20.4. The second kappa shape index (κ2) is 13.1. The number of allylic oxidation sites excluding steroid dienone is 9. The molecule has 44 heavy (non-hydrogen) atoms. The lowest BCUT2D eigenvalue weighted by atomic mass is 9.38. The van der Waals surface area contributed by atoms with Crippen LogP contribution in [0, 0.1) is 22.2 Å². The van der Waals surface area contributed by atoms with E-state index >= 15 is 4.79 Å². The van der Waals surface area contributed by atoms with Crippen molar-refractivity contribution in [3.05, 3.63) is 75.9 Å². The minimum Gasteiger partial charge on any atom is -0.506 e. The molecule has 2 fully saturated rings. The minimum atomic E-state index is -1.59. The zero-order chi connectivity index (χ0) is 33.2. The Morgan fingerprint density at radius 1 is 0.818 bits per heavy atom. The number of aliphatic hydroxyl groups excluding tert-OH is 1. The van der Waals surface area contributed by atoms with E-state index in [1.54, 1.807) is 0 Å². The van der Waals surface area contributed by atoms with Crippen molar-refractivity contribution in [2.75, 3.05) is 0 Å². The van der Waals surface area contributed by atoms with Crippen molar-refractivity contribution < 1.29 is 29.7 Å². The van der Waals surface area contributed by atoms with Crippen LogP contribution in [0.3, 0.4) is 0 Å². The number of carbonyl (C=O) groups is 3. The Bertz CT molecular complexity index is 1480. The van der Waals surface area contributed by atoms with E-state index in [9.17, 15) is 24.9 Å². The molecule has 6 nitrogen and oxygen atoms in total. The van der Waals surface area contributed by atoms with E-state index in [1.165, 1.54) is 17.7 Å². The molecule has 2 aliphatic rings. The molecule has 3 rings (SSSR count). The molecule has 0 aromatic heterocycles. The summed E-state index contributed by atoms with van der Waals surface area (Å²) in [4.78, 5) is 44.5. The number of Topliss-reactive ketones (excluding diaryl/α,β-unsaturated/α-hetero) is 3. The van der Waals surface area contributed by atoms with Crippen molar-refractivity contribution in [3.63, 3.8) is 0 Å². The Labute approximate surface area is 263 Å². The average molecular weight is 603 g/mol. The number of hydrogen-bond donors (Lipinski definition) is 3. The molecule has 238 valence electrons. The maximum absolute atomic E-state index is 15.0. The predicted molar refractivity (Wildman–Crippen MR) is 176 cm³/mol. The number of phenolic OH excluding ortho intramolecular Hbond substituents is 2. The van der Waals surface area contributed by atoms with Gasteiger partial charge in [-0.2, -0.15) is 0 Å². The van der Waals surface area contributed by atoms with E-state index in [0.29, 0.717) is 6.42 Å². The highest BCUT2D eigenvalue weighted by Gasteiger charge is 2.73. The van der Waals surface area contributed by atoms with Crippen LogP contribution in [0.1, 0.15) is 106 Å². The molecule has 2 aliphatic carbocycles. The van der Waals surface area contributed by atoms with Crippen LogP contribution in [0.5, 0.6) is 11.5 Å². The number of hydrogen-bond acceptors (Lipinski definition) is 6. The molecule has 0 unspecified atom stereocenters. The summed E-state index contributed by atoms with van der Waals surface area (Å²) < 4.78 is 0. The van der Waals surface area contributed by atoms with Gasteiger partial charge < -0.3 is 15.3 Å². The molecule has 2 saturated carbocycles. The third kappa shape index (κ3) is 6.27. The molecule has 0 amide bonds. The van der Waals surface area contributed by atoms with Gasteiger partial charge in [0.05, 0.1) is 5.41 Å². The maximum atomic E-state index is 15.0. The monoisotopic (exact) mass is 602 g/mol. The first kappa shape index (κ1) is 34.8. The van der Waals surface area contributed by atoms with Gasteiger partial charge in [-0.1, -0.05) is 60.4 Å². The SMILES string of the molecule is CC(C)=CCC/C(C)=C/C[C@]12C[C@@H](CC=C(C)C)C(C)(C)[C@](CC=C(C)C)(C(=O)C(=C(O)c3ccc(O)c(O)c3)C1=O)C2=O. The fourth-order valence-electron chi connectivity index (χ4n) is 6.86. The molecular weight excluding hydrogens is 552 g/mol. The van der Waals surface area contributed by atoms with Gasteiger partial charge in [0.1, 0.15) is 16.7 Å². The van der Waals surface area contributed by atoms with Crippen LogP contribution in [-0.4, -0.2) is 32.7 Å². The van der Waals surface area contributed by atoms with Crippen LogP contribution in [0.4, 0.5) is 0 Å². The molecule has 2 bridgehead atoms. The van der Waals surface area contributed by atoms with Crippen LogP contribution >= 0.6 is 0 Å². The fourth-order valence-corrected chi connectivity index (χ4v) is 6.86. The number of benzene rings is 1. The highest BCUT2D eigenvalue weighted by atomic mass is 16.3. The van der Waals surface area contributed by atoms with Crippen LogP contribution in [0.2, 0.25) is 0 Å². The standard InChI is InChI=1S/C38H50O6/c1-23(2)11-10-12-26(7)18-19-37-22-28(15-13-24(3)4)36(8,9)38(35(37)44,20-17-25(5)6)34(43)31(33(37)42)32(41)27-14-16-29(39)30(40)21-27/h11,13-14,16-18,21,28,39-41H,10,12,15,19-20,22H2,1-9H3/b26-18+,32-31?/t28-,37+,38-/m1/s1. The number of fused-ring (bicyclic) bond motifs is 2. The molecule has 1 aromatic carbocycles. The summed E-state index contributed by atoms with van der Waals surface area (Å²) in [6.07, 6.45) is 10.9. The van der Waals surface area contributed by atoms with Gasteiger partial charge in [0.25, 0.3) is 0 Å². The normalized spacial score (nSPS) is 25.8. The summed E-state index contributed by atoms with van der Waals surface area (Å²) in [7, 11) is 0. The second-order valence-corrected chi connectivity index (χ2v) is 14.1. The Balaban J connectivity index is 2.37. The Morgan fingerprint density at radius 2 is 1.43 bits per heavy atom. The number of aliphatic hydroxyl groups is 1. The van der Waals surface area contributed by atoms with E-state index in [-0.39, 0.29) is 36.5 Å². The predicted octanol–water partition coefficient (Wildman–Crippen LogP) is 8.90. The third-order valence-electron chi connectivity index (χ3n) is 9.82. The zero-order valence-electron chi connectivity index (χ0n) is 27.9. The van der Waals surface area contributed by atoms with Crippen LogP contribution < -0.4 is 0 Å². The van der Waals surface area contributed by atoms with Crippen molar-refractivity contribution in [1.29, 1.82) is 0 Å². The largest absolute Gasteiger partial charge is 0.506 e. The quantitative estimate of drug-likeness (QED) is 0.0616. The van der Waals surface area contributed by atoms with E-state index in [2.05, 4.69) is 12.2 Å². The Hall–Kier alpha value is -3.67. The number of carbonyl (C=O) groups excluding carboxylic acids is 3. The number of ketones is 3. The zero-order valence-corrected chi connectivity index (χ0v) is 27.9. The summed E-state index contributed by atoms with van der Waals surface area (Å²) in [6, 6.07) is 3.66. The van der Waals surface area contributed by atoms with Crippen molar-refractivity contribution in [2.45, 2.75) is 101 Å². The van der Waals surface area contributed by atoms with Crippen molar-refractivity contribution in [3.8, 4) is 11.5 Å². The van der Waals surface area contributed by atoms with E-state index in [0.717, 1.165) is 35.6 Å². The number of rotatable bonds is 10. The van der Waals surface area contributed by atoms with E-state index < -0.39 is 50.6 Å². The summed E-state index contributed by atoms with van der Waals surface area (Å²) in [5, 5.41) is 31.6. The molecular formula is C38H50O6. The van der Waals surface area contributed by atoms with Gasteiger partial charge >= 0.3 is 0 Å². The van der Waals surface area contributed by atoms with Crippen LogP contribution in [-0.2, 0) is 14.4 Å². The molecule has 0 radical (unpaired) electrons. The summed E-state index contributed by atoms with van der Waals surface area (Å²) >= 11 is 0. The lowest BCUT2D eigenvalue weighted by molar-refractivity contribution is -0.176. The molecule has 0 heterocycles. The van der Waals surface area contributed by atoms with Crippen molar-refractivity contribution in [2.24, 2.45) is 22.2 Å². The van der Waals surface area contributed by atoms with Gasteiger partial charge in [0.2, 0.25) is 0 Å². The highest BCUT2D eigenvalue weighted by molar-refractivity contribution is 6.41. The maximum Gasteiger partial charge on any atom is 0.184 e. The van der Waals surface area contributed by atoms with Gasteiger partial charge in [-0.3, -0.25) is 14.4 Å². The van der Waals surface area contributed by atoms with Gasteiger partial charge in [-0.15, -0.1) is 0 Å². The smallest absolute Gasteiger partial charge is 0.184 e. The van der Waals surface area contributed by atoms with Crippen molar-refractivity contribution in [1.82, 2.24) is 0 Å². The van der Waals surface area contributed by atoms with Gasteiger partial charge in [-0.05, 0) is 117 Å². The first-order valence-corrected chi connectivity index (χ1v) is 15.6. The van der Waals surface area contributed by atoms with Crippen LogP contribution in [0.15, 0.2) is 70.4 Å². The molecule has 3 atom stereocenters. The van der Waals surface area contributed by atoms with Crippen LogP contribution in [0.25, 0.3) is 5.76 Å². The summed E-state index contributed by atoms with van der Waals surface area (Å²) in [6.45, 7) is 17.8. The average Bonchev–Trinajstić information content (AvgIpc) is 2.92. The third-order valence-corrected chi connectivity index (χ3v) is 9.82. The second-order valence-electron chi connectivity index (χ2n) is 14.1. The Morgan fingerprint density at radius 3 is 2.00 bits per heavy atom. The van der Waals surface area contributed by atoms with Gasteiger partial charge in [-0.25, -0.2) is 0 Å². The molecule has 0 saturated heterocycles. The molecule has 1 aromatic rings. The molecule has 0 spiro atoms. The summed E-state index contributed by atoms with van der Waals surface area (Å²) in [5.74, 6) is -3.35. The number of aromatic hydroxyl groups is 2. The van der Waals surface area contributed by atoms with E-state index in [1.807, 2.05) is 74.5 Å². The van der Waals surface area contributed by atoms with Crippen molar-refractivity contribution >= 4 is 23.1 Å². The molecule has 3 N–H and O–H groups in total. The fraction of sp³-hybridized carbons (Fsp3) is 0.500.